The molecule has 1 amide bonds. The van der Waals surface area contributed by atoms with E-state index in [2.05, 4.69) is 5.16 Å². The minimum absolute atomic E-state index is 0.00315. The molecule has 0 fully saturated rings. The van der Waals surface area contributed by atoms with Gasteiger partial charge < -0.3 is 20.9 Å². The zero-order chi connectivity index (χ0) is 14.4. The predicted molar refractivity (Wildman–Crippen MR) is 72.2 cm³/mol. The van der Waals surface area contributed by atoms with E-state index in [4.69, 9.17) is 16.0 Å². The van der Waals surface area contributed by atoms with Crippen LogP contribution in [0.1, 0.15) is 29.8 Å². The van der Waals surface area contributed by atoms with E-state index in [0.29, 0.717) is 17.7 Å². The van der Waals surface area contributed by atoms with Crippen molar-refractivity contribution in [2.45, 2.75) is 19.9 Å². The molecule has 0 atom stereocenters. The summed E-state index contributed by atoms with van der Waals surface area (Å²) >= 11 is 0. The van der Waals surface area contributed by atoms with Crippen LogP contribution in [0.15, 0.2) is 29.4 Å². The van der Waals surface area contributed by atoms with E-state index in [-0.39, 0.29) is 24.4 Å². The summed E-state index contributed by atoms with van der Waals surface area (Å²) in [5, 5.41) is 20.4. The van der Waals surface area contributed by atoms with Crippen molar-refractivity contribution in [1.82, 2.24) is 4.90 Å². The van der Waals surface area contributed by atoms with Crippen molar-refractivity contribution < 1.29 is 15.1 Å². The number of nitrogens with two attached hydrogens (primary N) is 1. The lowest BCUT2D eigenvalue weighted by Gasteiger charge is -2.26. The van der Waals surface area contributed by atoms with Crippen LogP contribution < -0.4 is 5.73 Å². The third-order valence-electron chi connectivity index (χ3n) is 2.76. The van der Waals surface area contributed by atoms with Crippen molar-refractivity contribution in [2.24, 2.45) is 10.9 Å². The van der Waals surface area contributed by atoms with Crippen molar-refractivity contribution in [2.75, 3.05) is 13.2 Å². The maximum absolute atomic E-state index is 12.2. The molecule has 0 aliphatic heterocycles. The number of nitrogens with zero attached hydrogens (tertiary/aromatic N) is 2. The molecule has 1 rings (SSSR count). The van der Waals surface area contributed by atoms with Crippen molar-refractivity contribution in [1.29, 1.82) is 0 Å². The Bertz CT molecular complexity index is 455. The number of benzene rings is 1. The Kier molecular flexibility index (Phi) is 5.32. The number of hydrogen-bond acceptors (Lipinski definition) is 4. The van der Waals surface area contributed by atoms with E-state index in [9.17, 15) is 4.79 Å². The number of aliphatic hydroxyl groups is 1. The molecule has 0 aliphatic rings. The average molecular weight is 265 g/mol. The molecule has 6 nitrogen and oxygen atoms in total. The second-order valence-corrected chi connectivity index (χ2v) is 4.38. The van der Waals surface area contributed by atoms with E-state index < -0.39 is 0 Å². The van der Waals surface area contributed by atoms with Gasteiger partial charge >= 0.3 is 0 Å². The lowest BCUT2D eigenvalue weighted by atomic mass is 10.1. The zero-order valence-corrected chi connectivity index (χ0v) is 11.1. The van der Waals surface area contributed by atoms with Gasteiger partial charge in [0.15, 0.2) is 5.84 Å². The first-order valence-corrected chi connectivity index (χ1v) is 6.01. The number of carbonyl (C=O) groups excluding carboxylic acids is 1. The van der Waals surface area contributed by atoms with Gasteiger partial charge in [-0.25, -0.2) is 0 Å². The van der Waals surface area contributed by atoms with Gasteiger partial charge in [-0.05, 0) is 26.0 Å². The minimum Gasteiger partial charge on any atom is -0.409 e. The van der Waals surface area contributed by atoms with E-state index in [1.807, 2.05) is 13.8 Å². The molecule has 104 valence electrons. The Labute approximate surface area is 112 Å². The van der Waals surface area contributed by atoms with Crippen LogP contribution in [0.4, 0.5) is 0 Å². The van der Waals surface area contributed by atoms with Gasteiger partial charge in [-0.15, -0.1) is 0 Å². The van der Waals surface area contributed by atoms with E-state index in [1.165, 1.54) is 0 Å². The summed E-state index contributed by atoms with van der Waals surface area (Å²) in [4.78, 5) is 13.8. The van der Waals surface area contributed by atoms with Gasteiger partial charge in [0.1, 0.15) is 0 Å². The SMILES string of the molecule is CC(C)N(CCO)C(=O)c1ccc(C(N)=NO)cc1. The first-order chi connectivity index (χ1) is 9.01. The molecule has 6 heteroatoms. The van der Waals surface area contributed by atoms with Crippen LogP contribution in [0.3, 0.4) is 0 Å². The lowest BCUT2D eigenvalue weighted by molar-refractivity contribution is 0.0665. The predicted octanol–water partition coefficient (Wildman–Crippen LogP) is 0.624. The summed E-state index contributed by atoms with van der Waals surface area (Å²) in [6, 6.07) is 6.45. The molecule has 1 aromatic carbocycles. The molecule has 0 saturated heterocycles. The Morgan fingerprint density at radius 3 is 2.26 bits per heavy atom. The third kappa shape index (κ3) is 3.69. The number of carbonyl (C=O) groups is 1. The van der Waals surface area contributed by atoms with Gasteiger partial charge in [-0.2, -0.15) is 0 Å². The summed E-state index contributed by atoms with van der Waals surface area (Å²) in [6.07, 6.45) is 0. The van der Waals surface area contributed by atoms with Crippen LogP contribution in [0.2, 0.25) is 0 Å². The highest BCUT2D eigenvalue weighted by Gasteiger charge is 2.18. The topological polar surface area (TPSA) is 99.2 Å². The highest BCUT2D eigenvalue weighted by Crippen LogP contribution is 2.10. The van der Waals surface area contributed by atoms with Gasteiger partial charge in [0, 0.05) is 23.7 Å². The lowest BCUT2D eigenvalue weighted by Crippen LogP contribution is -2.39. The number of hydrogen-bond donors (Lipinski definition) is 3. The maximum Gasteiger partial charge on any atom is 0.254 e. The molecule has 0 heterocycles. The van der Waals surface area contributed by atoms with Gasteiger partial charge in [0.25, 0.3) is 5.91 Å². The zero-order valence-electron chi connectivity index (χ0n) is 11.1. The van der Waals surface area contributed by atoms with Crippen molar-refractivity contribution in [3.63, 3.8) is 0 Å². The van der Waals surface area contributed by atoms with Crippen LogP contribution in [-0.2, 0) is 0 Å². The van der Waals surface area contributed by atoms with Crippen LogP contribution in [0.25, 0.3) is 0 Å². The number of rotatable bonds is 5. The quantitative estimate of drug-likeness (QED) is 0.314. The molecule has 19 heavy (non-hydrogen) atoms. The Hall–Kier alpha value is -2.08. The number of amides is 1. The van der Waals surface area contributed by atoms with E-state index in [0.717, 1.165) is 0 Å². The van der Waals surface area contributed by atoms with Crippen molar-refractivity contribution in [3.8, 4) is 0 Å². The highest BCUT2D eigenvalue weighted by molar-refractivity contribution is 5.99. The fraction of sp³-hybridized carbons (Fsp3) is 0.385. The maximum atomic E-state index is 12.2. The summed E-state index contributed by atoms with van der Waals surface area (Å²) in [6.45, 7) is 3.99. The first kappa shape index (κ1) is 15.0. The second-order valence-electron chi connectivity index (χ2n) is 4.38. The fourth-order valence-corrected chi connectivity index (χ4v) is 1.71. The van der Waals surface area contributed by atoms with Crippen LogP contribution in [0, 0.1) is 0 Å². The van der Waals surface area contributed by atoms with E-state index in [1.54, 1.807) is 29.2 Å². The van der Waals surface area contributed by atoms with Crippen LogP contribution in [-0.4, -0.2) is 46.1 Å². The summed E-state index contributed by atoms with van der Waals surface area (Å²) < 4.78 is 0. The molecule has 0 unspecified atom stereocenters. The van der Waals surface area contributed by atoms with Gasteiger partial charge in [0.2, 0.25) is 0 Å². The smallest absolute Gasteiger partial charge is 0.254 e. The van der Waals surface area contributed by atoms with Crippen molar-refractivity contribution in [3.05, 3.63) is 35.4 Å². The highest BCUT2D eigenvalue weighted by atomic mass is 16.4. The molecule has 0 radical (unpaired) electrons. The molecule has 0 aliphatic carbocycles. The average Bonchev–Trinajstić information content (AvgIpc) is 2.43. The molecule has 0 aromatic heterocycles. The summed E-state index contributed by atoms with van der Waals surface area (Å²) in [5.41, 5.74) is 6.48. The third-order valence-corrected chi connectivity index (χ3v) is 2.76. The molecule has 0 saturated carbocycles. The van der Waals surface area contributed by atoms with Crippen molar-refractivity contribution >= 4 is 11.7 Å². The molecular formula is C13H19N3O3. The summed E-state index contributed by atoms with van der Waals surface area (Å²) in [7, 11) is 0. The number of amidine groups is 1. The minimum atomic E-state index is -0.157. The van der Waals surface area contributed by atoms with Gasteiger partial charge in [-0.1, -0.05) is 17.3 Å². The number of oxime groups is 1. The number of aliphatic hydroxyl groups excluding tert-OH is 1. The van der Waals surface area contributed by atoms with Gasteiger partial charge in [-0.3, -0.25) is 4.79 Å². The normalized spacial score (nSPS) is 11.7. The second kappa shape index (κ2) is 6.75. The molecule has 0 bridgehead atoms. The molecular weight excluding hydrogens is 246 g/mol. The van der Waals surface area contributed by atoms with Crippen LogP contribution in [0.5, 0.6) is 0 Å². The van der Waals surface area contributed by atoms with Gasteiger partial charge in [0.05, 0.1) is 6.61 Å². The van der Waals surface area contributed by atoms with E-state index >= 15 is 0 Å². The monoisotopic (exact) mass is 265 g/mol. The first-order valence-electron chi connectivity index (χ1n) is 6.01. The Balaban J connectivity index is 2.93. The summed E-state index contributed by atoms with van der Waals surface area (Å²) in [5.74, 6) is -0.162. The largest absolute Gasteiger partial charge is 0.409 e. The molecule has 0 spiro atoms. The standard InChI is InChI=1S/C13H19N3O3/c1-9(2)16(7-8-17)13(18)11-5-3-10(4-6-11)12(14)15-19/h3-6,9,17,19H,7-8H2,1-2H3,(H2,14,15). The Morgan fingerprint density at radius 2 is 1.84 bits per heavy atom. The Morgan fingerprint density at radius 1 is 1.32 bits per heavy atom. The molecule has 4 N–H and O–H groups in total. The molecule has 1 aromatic rings. The van der Waals surface area contributed by atoms with Crippen LogP contribution >= 0.6 is 0 Å². The fourth-order valence-electron chi connectivity index (χ4n) is 1.71.